The average Bonchev–Trinajstić information content (AvgIpc) is 3.63. The van der Waals surface area contributed by atoms with Crippen molar-refractivity contribution < 1.29 is 24.3 Å². The van der Waals surface area contributed by atoms with Crippen LogP contribution in [0, 0.1) is 0 Å². The molecule has 0 radical (unpaired) electrons. The Morgan fingerprint density at radius 1 is 0.618 bits per heavy atom. The molecule has 0 saturated heterocycles. The van der Waals surface area contributed by atoms with Gasteiger partial charge in [0.15, 0.2) is 0 Å². The lowest BCUT2D eigenvalue weighted by molar-refractivity contribution is -0.132. The van der Waals surface area contributed by atoms with E-state index in [1.165, 1.54) is 12.1 Å². The molecule has 4 atom stereocenters. The Morgan fingerprint density at radius 2 is 1.18 bits per heavy atom. The minimum Gasteiger partial charge on any atom is -0.478 e. The standard InChI is InChI=1S/C44H42N4O5S2/c45-36(23-28-17-21-33(22-18-28)44(52)53)40(54)43(51)48-37(24-29-15-19-32(20-16-29)31-11-5-2-6-12-31)42(50)47-38(41(49)46-27-30-9-3-1-4-10-30)26-35-25-34-13-7-8-14-39(34)55-35/h1-22,25,36-38,40,54H,23-24,26-27,45H2,(H,46,49)(H,47,50)(H,48,51)(H,52,53)/t36-,37?,38?,40-/m0/s1. The van der Waals surface area contributed by atoms with Crippen LogP contribution in [0.5, 0.6) is 0 Å². The van der Waals surface area contributed by atoms with E-state index in [4.69, 9.17) is 5.73 Å². The van der Waals surface area contributed by atoms with Gasteiger partial charge in [0.2, 0.25) is 17.7 Å². The monoisotopic (exact) mass is 770 g/mol. The number of hydrogen-bond acceptors (Lipinski definition) is 7. The van der Waals surface area contributed by atoms with Gasteiger partial charge >= 0.3 is 5.97 Å². The number of carboxylic acid groups (broad SMARTS) is 1. The average molecular weight is 771 g/mol. The first-order valence-electron chi connectivity index (χ1n) is 17.9. The number of nitrogens with two attached hydrogens (primary N) is 1. The summed E-state index contributed by atoms with van der Waals surface area (Å²) in [5.41, 5.74) is 11.1. The Labute approximate surface area is 329 Å². The summed E-state index contributed by atoms with van der Waals surface area (Å²) in [6.45, 7) is 0.282. The highest BCUT2D eigenvalue weighted by molar-refractivity contribution is 7.81. The Hall–Kier alpha value is -5.75. The number of carbonyl (C=O) groups excluding carboxylic acids is 3. The normalized spacial score (nSPS) is 13.3. The molecule has 2 unspecified atom stereocenters. The molecule has 0 saturated carbocycles. The largest absolute Gasteiger partial charge is 0.478 e. The second kappa shape index (κ2) is 18.5. The number of thiol groups is 1. The summed E-state index contributed by atoms with van der Waals surface area (Å²) >= 11 is 6.12. The van der Waals surface area contributed by atoms with Gasteiger partial charge in [-0.15, -0.1) is 11.3 Å². The van der Waals surface area contributed by atoms with E-state index in [0.717, 1.165) is 42.8 Å². The molecule has 0 bridgehead atoms. The smallest absolute Gasteiger partial charge is 0.335 e. The molecule has 6 aromatic rings. The Bertz CT molecular complexity index is 2200. The van der Waals surface area contributed by atoms with E-state index in [-0.39, 0.29) is 37.3 Å². The van der Waals surface area contributed by atoms with Crippen LogP contribution in [-0.2, 0) is 40.2 Å². The minimum absolute atomic E-state index is 0.139. The molecule has 280 valence electrons. The van der Waals surface area contributed by atoms with Gasteiger partial charge in [0.05, 0.1) is 10.8 Å². The fraction of sp³-hybridized carbons (Fsp3) is 0.182. The van der Waals surface area contributed by atoms with Crippen LogP contribution in [0.3, 0.4) is 0 Å². The van der Waals surface area contributed by atoms with Gasteiger partial charge in [-0.2, -0.15) is 12.6 Å². The number of amides is 3. The summed E-state index contributed by atoms with van der Waals surface area (Å²) < 4.78 is 1.07. The number of aromatic carboxylic acids is 1. The number of nitrogens with one attached hydrogen (secondary N) is 3. The van der Waals surface area contributed by atoms with Crippen LogP contribution in [0.4, 0.5) is 0 Å². The van der Waals surface area contributed by atoms with E-state index in [9.17, 15) is 24.3 Å². The van der Waals surface area contributed by atoms with Gasteiger partial charge in [-0.1, -0.05) is 115 Å². The molecule has 6 N–H and O–H groups in total. The van der Waals surface area contributed by atoms with Crippen molar-refractivity contribution >= 4 is 57.7 Å². The zero-order chi connectivity index (χ0) is 38.7. The SMILES string of the molecule is N[C@@H](Cc1ccc(C(=O)O)cc1)[C@H](S)C(=O)NC(Cc1ccc(-c2ccccc2)cc1)C(=O)NC(Cc1cc2ccccc2s1)C(=O)NCc1ccccc1. The van der Waals surface area contributed by atoms with E-state index in [2.05, 4.69) is 28.6 Å². The third-order valence-electron chi connectivity index (χ3n) is 9.30. The summed E-state index contributed by atoms with van der Waals surface area (Å²) in [6, 6.07) is 40.7. The van der Waals surface area contributed by atoms with E-state index < -0.39 is 41.2 Å². The zero-order valence-electron chi connectivity index (χ0n) is 29.9. The van der Waals surface area contributed by atoms with E-state index in [1.54, 1.807) is 23.5 Å². The maximum atomic E-state index is 14.3. The predicted molar refractivity (Wildman–Crippen MR) is 221 cm³/mol. The molecule has 1 aromatic heterocycles. The van der Waals surface area contributed by atoms with Gasteiger partial charge < -0.3 is 26.8 Å². The van der Waals surface area contributed by atoms with Crippen LogP contribution >= 0.6 is 24.0 Å². The van der Waals surface area contributed by atoms with Crippen molar-refractivity contribution in [3.8, 4) is 11.1 Å². The van der Waals surface area contributed by atoms with Crippen molar-refractivity contribution in [1.82, 2.24) is 16.0 Å². The van der Waals surface area contributed by atoms with Crippen LogP contribution in [0.15, 0.2) is 140 Å². The summed E-state index contributed by atoms with van der Waals surface area (Å²) in [4.78, 5) is 54.0. The molecule has 11 heteroatoms. The summed E-state index contributed by atoms with van der Waals surface area (Å²) in [6.07, 6.45) is 0.636. The van der Waals surface area contributed by atoms with Crippen molar-refractivity contribution in [2.45, 2.75) is 49.2 Å². The number of fused-ring (bicyclic) bond motifs is 1. The second-order valence-electron chi connectivity index (χ2n) is 13.4. The molecule has 0 aliphatic carbocycles. The van der Waals surface area contributed by atoms with Gasteiger partial charge in [-0.25, -0.2) is 4.79 Å². The quantitative estimate of drug-likeness (QED) is 0.0645. The van der Waals surface area contributed by atoms with E-state index in [1.807, 2.05) is 115 Å². The number of rotatable bonds is 16. The van der Waals surface area contributed by atoms with Gasteiger partial charge in [-0.3, -0.25) is 14.4 Å². The molecular weight excluding hydrogens is 729 g/mol. The predicted octanol–water partition coefficient (Wildman–Crippen LogP) is 6.21. The van der Waals surface area contributed by atoms with Crippen molar-refractivity contribution in [3.05, 3.63) is 167 Å². The fourth-order valence-electron chi connectivity index (χ4n) is 6.26. The van der Waals surface area contributed by atoms with Crippen molar-refractivity contribution in [3.63, 3.8) is 0 Å². The lowest BCUT2D eigenvalue weighted by Crippen LogP contribution is -2.57. The molecule has 0 spiro atoms. The highest BCUT2D eigenvalue weighted by Gasteiger charge is 2.31. The zero-order valence-corrected chi connectivity index (χ0v) is 31.6. The van der Waals surface area contributed by atoms with Crippen LogP contribution in [0.2, 0.25) is 0 Å². The van der Waals surface area contributed by atoms with Crippen LogP contribution in [0.25, 0.3) is 21.2 Å². The van der Waals surface area contributed by atoms with Crippen LogP contribution in [0.1, 0.15) is 31.9 Å². The van der Waals surface area contributed by atoms with Crippen LogP contribution in [-0.4, -0.2) is 52.2 Å². The first-order chi connectivity index (χ1) is 26.6. The topological polar surface area (TPSA) is 151 Å². The van der Waals surface area contributed by atoms with Crippen LogP contribution < -0.4 is 21.7 Å². The molecule has 1 heterocycles. The highest BCUT2D eigenvalue weighted by Crippen LogP contribution is 2.26. The van der Waals surface area contributed by atoms with Gasteiger partial charge in [0.25, 0.3) is 0 Å². The molecule has 3 amide bonds. The first kappa shape index (κ1) is 39.0. The number of hydrogen-bond donors (Lipinski definition) is 6. The van der Waals surface area contributed by atoms with Crippen molar-refractivity contribution in [2.75, 3.05) is 0 Å². The van der Waals surface area contributed by atoms with E-state index >= 15 is 0 Å². The molecule has 6 rings (SSSR count). The lowest BCUT2D eigenvalue weighted by Gasteiger charge is -2.25. The fourth-order valence-corrected chi connectivity index (χ4v) is 7.55. The molecule has 0 aliphatic rings. The highest BCUT2D eigenvalue weighted by atomic mass is 32.1. The number of carbonyl (C=O) groups is 4. The molecule has 9 nitrogen and oxygen atoms in total. The third-order valence-corrected chi connectivity index (χ3v) is 11.1. The summed E-state index contributed by atoms with van der Waals surface area (Å²) in [7, 11) is 0. The third kappa shape index (κ3) is 10.7. The molecular formula is C44H42N4O5S2. The Kier molecular flexibility index (Phi) is 13.1. The van der Waals surface area contributed by atoms with Gasteiger partial charge in [0, 0.05) is 35.0 Å². The maximum Gasteiger partial charge on any atom is 0.335 e. The summed E-state index contributed by atoms with van der Waals surface area (Å²) in [5.74, 6) is -2.47. The Morgan fingerprint density at radius 3 is 1.85 bits per heavy atom. The molecule has 5 aromatic carbocycles. The number of carboxylic acids is 1. The molecule has 0 aliphatic heterocycles. The number of benzene rings is 5. The van der Waals surface area contributed by atoms with Gasteiger partial charge in [0.1, 0.15) is 12.1 Å². The summed E-state index contributed by atoms with van der Waals surface area (Å²) in [5, 5.41) is 18.1. The first-order valence-corrected chi connectivity index (χ1v) is 19.3. The van der Waals surface area contributed by atoms with Crippen molar-refractivity contribution in [2.24, 2.45) is 5.73 Å². The maximum absolute atomic E-state index is 14.3. The number of thiophene rings is 1. The minimum atomic E-state index is -1.07. The Balaban J connectivity index is 1.22. The van der Waals surface area contributed by atoms with Crippen molar-refractivity contribution in [1.29, 1.82) is 0 Å². The lowest BCUT2D eigenvalue weighted by atomic mass is 9.99. The molecule has 0 fully saturated rings. The van der Waals surface area contributed by atoms with Gasteiger partial charge in [-0.05, 0) is 63.9 Å². The second-order valence-corrected chi connectivity index (χ2v) is 15.1. The van der Waals surface area contributed by atoms with E-state index in [0.29, 0.717) is 0 Å². The molecule has 55 heavy (non-hydrogen) atoms.